The number of rotatable bonds is 0. The fourth-order valence-corrected chi connectivity index (χ4v) is 3.76. The molecule has 1 aromatic carbocycles. The molecular weight excluding hydrogens is 264 g/mol. The largest absolute Gasteiger partial charge is 0.420 e. The Morgan fingerprint density at radius 1 is 1.43 bits per heavy atom. The first-order valence-corrected chi connectivity index (χ1v) is 6.90. The van der Waals surface area contributed by atoms with E-state index in [9.17, 15) is 5.26 Å². The molecular formula is C16H14N4O. The zero-order valence-corrected chi connectivity index (χ0v) is 11.6. The van der Waals surface area contributed by atoms with Crippen LogP contribution in [-0.2, 0) is 11.8 Å². The number of hydrogen-bond donors (Lipinski definition) is 2. The van der Waals surface area contributed by atoms with Crippen LogP contribution in [0.1, 0.15) is 28.8 Å². The molecule has 2 aliphatic rings. The van der Waals surface area contributed by atoms with E-state index in [1.54, 1.807) is 0 Å². The third kappa shape index (κ3) is 1.32. The van der Waals surface area contributed by atoms with Crippen LogP contribution in [0.3, 0.4) is 0 Å². The smallest absolute Gasteiger partial charge is 0.244 e. The second-order valence-electron chi connectivity index (χ2n) is 5.54. The van der Waals surface area contributed by atoms with Crippen LogP contribution < -0.4 is 10.5 Å². The number of benzene rings is 1. The molecule has 1 aliphatic heterocycles. The van der Waals surface area contributed by atoms with E-state index in [-0.39, 0.29) is 5.88 Å². The highest BCUT2D eigenvalue weighted by Crippen LogP contribution is 2.54. The number of H-pyrrole nitrogens is 1. The zero-order chi connectivity index (χ0) is 14.6. The first-order chi connectivity index (χ1) is 10.2. The van der Waals surface area contributed by atoms with Crippen molar-refractivity contribution in [2.75, 3.05) is 0 Å². The van der Waals surface area contributed by atoms with Gasteiger partial charge in [-0.1, -0.05) is 24.3 Å². The summed E-state index contributed by atoms with van der Waals surface area (Å²) < 4.78 is 5.55. The summed E-state index contributed by atoms with van der Waals surface area (Å²) in [5.41, 5.74) is 10.2. The number of nitrogens with two attached hydrogens (primary N) is 1. The molecule has 21 heavy (non-hydrogen) atoms. The standard InChI is InChI=1S/C16H14N4O/c1-9-13-15(20-19-9)21-14(18)12(8-17)16(13)7-6-10-4-2-3-5-11(10)16/h2-5H,6-7,18H2,1H3,(H,19,20). The summed E-state index contributed by atoms with van der Waals surface area (Å²) in [6, 6.07) is 10.5. The molecule has 0 saturated heterocycles. The molecule has 1 atom stereocenters. The van der Waals surface area contributed by atoms with E-state index >= 15 is 0 Å². The molecule has 0 radical (unpaired) electrons. The van der Waals surface area contributed by atoms with Crippen molar-refractivity contribution in [2.45, 2.75) is 25.2 Å². The van der Waals surface area contributed by atoms with Crippen LogP contribution in [0.5, 0.6) is 5.88 Å². The van der Waals surface area contributed by atoms with Crippen LogP contribution in [0.4, 0.5) is 0 Å². The van der Waals surface area contributed by atoms with Gasteiger partial charge in [-0.3, -0.25) is 5.10 Å². The van der Waals surface area contributed by atoms with Gasteiger partial charge in [-0.2, -0.15) is 5.26 Å². The van der Waals surface area contributed by atoms with Crippen molar-refractivity contribution in [1.29, 1.82) is 5.26 Å². The van der Waals surface area contributed by atoms with Gasteiger partial charge in [0.2, 0.25) is 11.8 Å². The number of nitrogens with one attached hydrogen (secondary N) is 1. The molecule has 5 heteroatoms. The van der Waals surface area contributed by atoms with Crippen LogP contribution in [0, 0.1) is 18.3 Å². The maximum absolute atomic E-state index is 9.67. The fourth-order valence-electron chi connectivity index (χ4n) is 3.76. The van der Waals surface area contributed by atoms with Crippen LogP contribution in [0.15, 0.2) is 35.7 Å². The van der Waals surface area contributed by atoms with Crippen molar-refractivity contribution in [3.63, 3.8) is 0 Å². The Morgan fingerprint density at radius 3 is 3.05 bits per heavy atom. The molecule has 0 saturated carbocycles. The normalized spacial score (nSPS) is 22.7. The maximum Gasteiger partial charge on any atom is 0.244 e. The molecule has 4 rings (SSSR count). The zero-order valence-electron chi connectivity index (χ0n) is 11.6. The summed E-state index contributed by atoms with van der Waals surface area (Å²) in [5, 5.41) is 16.8. The molecule has 1 unspecified atom stereocenters. The van der Waals surface area contributed by atoms with Crippen molar-refractivity contribution in [1.82, 2.24) is 10.2 Å². The lowest BCUT2D eigenvalue weighted by atomic mass is 9.69. The van der Waals surface area contributed by atoms with Crippen LogP contribution >= 0.6 is 0 Å². The van der Waals surface area contributed by atoms with E-state index in [0.717, 1.165) is 29.7 Å². The molecule has 1 aromatic heterocycles. The SMILES string of the molecule is Cc1[nH]nc2c1C1(CCc3ccccc31)C(C#N)=C(N)O2. The predicted octanol–water partition coefficient (Wildman–Crippen LogP) is 2.04. The summed E-state index contributed by atoms with van der Waals surface area (Å²) in [4.78, 5) is 0. The average molecular weight is 278 g/mol. The number of allylic oxidation sites excluding steroid dienone is 1. The molecule has 2 aromatic rings. The van der Waals surface area contributed by atoms with Crippen molar-refractivity contribution in [2.24, 2.45) is 5.73 Å². The van der Waals surface area contributed by atoms with Crippen LogP contribution in [0.2, 0.25) is 0 Å². The Kier molecular flexibility index (Phi) is 2.23. The molecule has 3 N–H and O–H groups in total. The minimum atomic E-state index is -0.528. The minimum absolute atomic E-state index is 0.160. The van der Waals surface area contributed by atoms with E-state index in [1.165, 1.54) is 5.56 Å². The van der Waals surface area contributed by atoms with Gasteiger partial charge in [-0.05, 0) is 30.9 Å². The lowest BCUT2D eigenvalue weighted by Crippen LogP contribution is -2.35. The van der Waals surface area contributed by atoms with E-state index in [4.69, 9.17) is 10.5 Å². The predicted molar refractivity (Wildman–Crippen MR) is 76.3 cm³/mol. The number of ether oxygens (including phenoxy) is 1. The molecule has 2 heterocycles. The van der Waals surface area contributed by atoms with E-state index in [0.29, 0.717) is 11.5 Å². The number of fused-ring (bicyclic) bond motifs is 4. The first-order valence-electron chi connectivity index (χ1n) is 6.90. The summed E-state index contributed by atoms with van der Waals surface area (Å²) in [5.74, 6) is 0.647. The highest BCUT2D eigenvalue weighted by molar-refractivity contribution is 5.64. The third-order valence-corrected chi connectivity index (χ3v) is 4.58. The van der Waals surface area contributed by atoms with E-state index in [2.05, 4.69) is 28.4 Å². The topological polar surface area (TPSA) is 87.7 Å². The molecule has 0 bridgehead atoms. The van der Waals surface area contributed by atoms with Crippen molar-refractivity contribution < 1.29 is 4.74 Å². The van der Waals surface area contributed by atoms with Gasteiger partial charge in [0.15, 0.2) is 0 Å². The Balaban J connectivity index is 2.12. The van der Waals surface area contributed by atoms with Crippen molar-refractivity contribution in [3.8, 4) is 11.9 Å². The number of nitrogens with zero attached hydrogens (tertiary/aromatic N) is 2. The molecule has 0 amide bonds. The van der Waals surface area contributed by atoms with E-state index in [1.807, 2.05) is 19.1 Å². The molecule has 1 spiro atoms. The molecule has 1 aliphatic carbocycles. The average Bonchev–Trinajstić information content (AvgIpc) is 3.03. The molecule has 0 fully saturated rings. The van der Waals surface area contributed by atoms with Gasteiger partial charge in [0.05, 0.1) is 11.0 Å². The third-order valence-electron chi connectivity index (χ3n) is 4.58. The van der Waals surface area contributed by atoms with Gasteiger partial charge < -0.3 is 10.5 Å². The van der Waals surface area contributed by atoms with Gasteiger partial charge in [0, 0.05) is 5.69 Å². The Morgan fingerprint density at radius 2 is 2.24 bits per heavy atom. The van der Waals surface area contributed by atoms with Crippen molar-refractivity contribution in [3.05, 3.63) is 58.1 Å². The minimum Gasteiger partial charge on any atom is -0.420 e. The van der Waals surface area contributed by atoms with Crippen molar-refractivity contribution >= 4 is 0 Å². The Labute approximate surface area is 122 Å². The fraction of sp³-hybridized carbons (Fsp3) is 0.250. The number of aryl methyl sites for hydroxylation is 2. The highest BCUT2D eigenvalue weighted by Gasteiger charge is 2.51. The summed E-state index contributed by atoms with van der Waals surface area (Å²) >= 11 is 0. The maximum atomic E-state index is 9.67. The van der Waals surface area contributed by atoms with Gasteiger partial charge in [-0.25, -0.2) is 0 Å². The Hall–Kier alpha value is -2.74. The summed E-state index contributed by atoms with van der Waals surface area (Å²) in [6.07, 6.45) is 1.73. The van der Waals surface area contributed by atoms with Crippen LogP contribution in [0.25, 0.3) is 0 Å². The van der Waals surface area contributed by atoms with Gasteiger partial charge in [0.1, 0.15) is 11.6 Å². The number of nitriles is 1. The monoisotopic (exact) mass is 278 g/mol. The van der Waals surface area contributed by atoms with E-state index < -0.39 is 5.41 Å². The second-order valence-corrected chi connectivity index (χ2v) is 5.54. The second kappa shape index (κ2) is 3.89. The van der Waals surface area contributed by atoms with Gasteiger partial charge >= 0.3 is 0 Å². The summed E-state index contributed by atoms with van der Waals surface area (Å²) in [6.45, 7) is 1.95. The number of hydrogen-bond acceptors (Lipinski definition) is 4. The van der Waals surface area contributed by atoms with Gasteiger partial charge in [0.25, 0.3) is 0 Å². The first kappa shape index (κ1) is 12.0. The highest BCUT2D eigenvalue weighted by atomic mass is 16.5. The van der Waals surface area contributed by atoms with Gasteiger partial charge in [-0.15, -0.1) is 5.10 Å². The lowest BCUT2D eigenvalue weighted by molar-refractivity contribution is 0.355. The molecule has 5 nitrogen and oxygen atoms in total. The Bertz CT molecular complexity index is 827. The molecule has 104 valence electrons. The van der Waals surface area contributed by atoms with Crippen LogP contribution in [-0.4, -0.2) is 10.2 Å². The summed E-state index contributed by atoms with van der Waals surface area (Å²) in [7, 11) is 0. The number of aromatic nitrogens is 2. The quantitative estimate of drug-likeness (QED) is 0.772. The lowest BCUT2D eigenvalue weighted by Gasteiger charge is -2.34. The number of aromatic amines is 1.